The maximum Gasteiger partial charge on any atom is 0.322 e. The highest BCUT2D eigenvalue weighted by atomic mass is 35.5. The third-order valence-corrected chi connectivity index (χ3v) is 3.49. The summed E-state index contributed by atoms with van der Waals surface area (Å²) in [5, 5.41) is 21.2. The summed E-state index contributed by atoms with van der Waals surface area (Å²) in [6.45, 7) is 0. The van der Waals surface area contributed by atoms with Crippen LogP contribution in [0.15, 0.2) is 59.0 Å². The Morgan fingerprint density at radius 1 is 1.19 bits per heavy atom. The summed E-state index contributed by atoms with van der Waals surface area (Å²) in [5.41, 5.74) is 1.24. The van der Waals surface area contributed by atoms with Crippen molar-refractivity contribution in [3.63, 3.8) is 0 Å². The number of carbonyl (C=O) groups is 1. The standard InChI is InChI=1S/C17H11ClN4O4/c18-13-3-1-2-12(10-13)16-20-21-17(26-16)19-15(23)9-6-11-4-7-14(8-5-11)22(24)25/h1-10H,(H,19,21,23)/b9-6-. The highest BCUT2D eigenvalue weighted by Gasteiger charge is 2.10. The minimum absolute atomic E-state index is 0.0222. The van der Waals surface area contributed by atoms with E-state index in [4.69, 9.17) is 16.0 Å². The number of nitro benzene ring substituents is 1. The SMILES string of the molecule is O=C(/C=C\c1ccc([N+](=O)[O-])cc1)Nc1nnc(-c2cccc(Cl)c2)o1. The molecular formula is C17H11ClN4O4. The lowest BCUT2D eigenvalue weighted by molar-refractivity contribution is -0.384. The molecule has 130 valence electrons. The number of halogens is 1. The summed E-state index contributed by atoms with van der Waals surface area (Å²) < 4.78 is 5.37. The zero-order chi connectivity index (χ0) is 18.5. The Morgan fingerprint density at radius 3 is 2.65 bits per heavy atom. The van der Waals surface area contributed by atoms with Crippen LogP contribution in [0.1, 0.15) is 5.56 Å². The Morgan fingerprint density at radius 2 is 1.96 bits per heavy atom. The molecular weight excluding hydrogens is 360 g/mol. The number of non-ortho nitro benzene ring substituents is 1. The second-order valence-electron chi connectivity index (χ2n) is 5.09. The van der Waals surface area contributed by atoms with E-state index in [1.165, 1.54) is 36.4 Å². The summed E-state index contributed by atoms with van der Waals surface area (Å²) in [7, 11) is 0. The highest BCUT2D eigenvalue weighted by molar-refractivity contribution is 6.30. The quantitative estimate of drug-likeness (QED) is 0.413. The molecule has 8 nitrogen and oxygen atoms in total. The molecule has 0 saturated carbocycles. The van der Waals surface area contributed by atoms with Gasteiger partial charge in [-0.05, 0) is 42.0 Å². The summed E-state index contributed by atoms with van der Waals surface area (Å²) in [6, 6.07) is 12.6. The monoisotopic (exact) mass is 370 g/mol. The normalized spacial score (nSPS) is 10.8. The first-order valence-electron chi connectivity index (χ1n) is 7.34. The van der Waals surface area contributed by atoms with Crippen LogP contribution in [-0.4, -0.2) is 21.0 Å². The number of anilines is 1. The number of hydrogen-bond donors (Lipinski definition) is 1. The summed E-state index contributed by atoms with van der Waals surface area (Å²) in [4.78, 5) is 22.0. The molecule has 0 atom stereocenters. The van der Waals surface area contributed by atoms with E-state index in [1.54, 1.807) is 24.3 Å². The Hall–Kier alpha value is -3.52. The number of aromatic nitrogens is 2. The molecule has 0 radical (unpaired) electrons. The molecule has 0 aliphatic heterocycles. The van der Waals surface area contributed by atoms with Crippen LogP contribution in [0.2, 0.25) is 5.02 Å². The van der Waals surface area contributed by atoms with Crippen molar-refractivity contribution in [1.29, 1.82) is 0 Å². The van der Waals surface area contributed by atoms with Crippen molar-refractivity contribution in [3.8, 4) is 11.5 Å². The van der Waals surface area contributed by atoms with E-state index >= 15 is 0 Å². The second-order valence-corrected chi connectivity index (χ2v) is 5.53. The van der Waals surface area contributed by atoms with E-state index in [2.05, 4.69) is 15.5 Å². The van der Waals surface area contributed by atoms with Gasteiger partial charge in [-0.15, -0.1) is 5.10 Å². The second kappa shape index (κ2) is 7.58. The minimum Gasteiger partial charge on any atom is -0.403 e. The van der Waals surface area contributed by atoms with Crippen LogP contribution in [-0.2, 0) is 4.79 Å². The minimum atomic E-state index is -0.493. The first kappa shape index (κ1) is 17.3. The zero-order valence-electron chi connectivity index (χ0n) is 13.1. The van der Waals surface area contributed by atoms with E-state index in [-0.39, 0.29) is 17.6 Å². The fraction of sp³-hybridized carbons (Fsp3) is 0. The molecule has 3 aromatic rings. The molecule has 26 heavy (non-hydrogen) atoms. The smallest absolute Gasteiger partial charge is 0.322 e. The Kier molecular flexibility index (Phi) is 5.04. The van der Waals surface area contributed by atoms with Crippen LogP contribution in [0.4, 0.5) is 11.7 Å². The lowest BCUT2D eigenvalue weighted by Gasteiger charge is -1.96. The maximum absolute atomic E-state index is 11.9. The lowest BCUT2D eigenvalue weighted by Crippen LogP contribution is -2.07. The average molecular weight is 371 g/mol. The van der Waals surface area contributed by atoms with Gasteiger partial charge in [0.25, 0.3) is 11.6 Å². The highest BCUT2D eigenvalue weighted by Crippen LogP contribution is 2.22. The van der Waals surface area contributed by atoms with Gasteiger partial charge in [0.05, 0.1) is 4.92 Å². The number of benzene rings is 2. The van der Waals surface area contributed by atoms with Gasteiger partial charge in [0.2, 0.25) is 5.89 Å². The van der Waals surface area contributed by atoms with Crippen molar-refractivity contribution in [2.24, 2.45) is 0 Å². The van der Waals surface area contributed by atoms with Gasteiger partial charge in [-0.1, -0.05) is 22.8 Å². The fourth-order valence-corrected chi connectivity index (χ4v) is 2.23. The predicted octanol–water partition coefficient (Wildman–Crippen LogP) is 3.95. The summed E-state index contributed by atoms with van der Waals surface area (Å²) in [5.74, 6) is -0.258. The Labute approximate surface area is 152 Å². The number of nitrogens with zero attached hydrogens (tertiary/aromatic N) is 3. The van der Waals surface area contributed by atoms with E-state index in [1.807, 2.05) is 0 Å². The van der Waals surface area contributed by atoms with Crippen LogP contribution in [0, 0.1) is 10.1 Å². The third kappa shape index (κ3) is 4.31. The van der Waals surface area contributed by atoms with E-state index in [9.17, 15) is 14.9 Å². The number of hydrogen-bond acceptors (Lipinski definition) is 6. The predicted molar refractivity (Wildman–Crippen MR) is 95.5 cm³/mol. The molecule has 0 spiro atoms. The first-order valence-corrected chi connectivity index (χ1v) is 7.72. The molecule has 3 rings (SSSR count). The number of amides is 1. The van der Waals surface area contributed by atoms with Crippen molar-refractivity contribution in [3.05, 3.63) is 75.3 Å². The lowest BCUT2D eigenvalue weighted by atomic mass is 10.2. The average Bonchev–Trinajstić information content (AvgIpc) is 3.09. The molecule has 1 heterocycles. The van der Waals surface area contributed by atoms with Crippen molar-refractivity contribution in [1.82, 2.24) is 10.2 Å². The largest absolute Gasteiger partial charge is 0.403 e. The molecule has 0 aliphatic rings. The van der Waals surface area contributed by atoms with Crippen LogP contribution in [0.25, 0.3) is 17.5 Å². The molecule has 1 amide bonds. The summed E-state index contributed by atoms with van der Waals surface area (Å²) >= 11 is 5.91. The number of carbonyl (C=O) groups excluding carboxylic acids is 1. The van der Waals surface area contributed by atoms with Gasteiger partial charge in [-0.2, -0.15) is 0 Å². The molecule has 0 bridgehead atoms. The molecule has 0 saturated heterocycles. The molecule has 1 aromatic heterocycles. The van der Waals surface area contributed by atoms with Gasteiger partial charge >= 0.3 is 6.01 Å². The number of nitro groups is 1. The van der Waals surface area contributed by atoms with Crippen LogP contribution >= 0.6 is 11.6 Å². The van der Waals surface area contributed by atoms with Gasteiger partial charge in [0, 0.05) is 28.8 Å². The molecule has 2 aromatic carbocycles. The van der Waals surface area contributed by atoms with Crippen molar-refractivity contribution in [2.45, 2.75) is 0 Å². The number of nitrogens with one attached hydrogen (secondary N) is 1. The van der Waals surface area contributed by atoms with Crippen molar-refractivity contribution < 1.29 is 14.1 Å². The number of rotatable bonds is 5. The Bertz CT molecular complexity index is 982. The van der Waals surface area contributed by atoms with Gasteiger partial charge < -0.3 is 4.42 Å². The van der Waals surface area contributed by atoms with Gasteiger partial charge in [0.15, 0.2) is 0 Å². The van der Waals surface area contributed by atoms with Crippen LogP contribution in [0.5, 0.6) is 0 Å². The molecule has 1 N–H and O–H groups in total. The fourth-order valence-electron chi connectivity index (χ4n) is 2.04. The summed E-state index contributed by atoms with van der Waals surface area (Å²) in [6.07, 6.45) is 2.76. The zero-order valence-corrected chi connectivity index (χ0v) is 13.9. The van der Waals surface area contributed by atoms with Crippen molar-refractivity contribution in [2.75, 3.05) is 5.32 Å². The van der Waals surface area contributed by atoms with E-state index in [0.29, 0.717) is 16.1 Å². The van der Waals surface area contributed by atoms with Crippen LogP contribution in [0.3, 0.4) is 0 Å². The van der Waals surface area contributed by atoms with Crippen LogP contribution < -0.4 is 5.32 Å². The molecule has 0 fully saturated rings. The maximum atomic E-state index is 11.9. The molecule has 0 unspecified atom stereocenters. The van der Waals surface area contributed by atoms with E-state index in [0.717, 1.165) is 0 Å². The first-order chi connectivity index (χ1) is 12.5. The third-order valence-electron chi connectivity index (χ3n) is 3.26. The van der Waals surface area contributed by atoms with E-state index < -0.39 is 10.8 Å². The molecule has 9 heteroatoms. The molecule has 0 aliphatic carbocycles. The van der Waals surface area contributed by atoms with Gasteiger partial charge in [0.1, 0.15) is 0 Å². The Balaban J connectivity index is 1.64. The topological polar surface area (TPSA) is 111 Å². The van der Waals surface area contributed by atoms with Gasteiger partial charge in [-0.25, -0.2) is 0 Å². The van der Waals surface area contributed by atoms with Crippen molar-refractivity contribution >= 4 is 35.3 Å². The van der Waals surface area contributed by atoms with Gasteiger partial charge in [-0.3, -0.25) is 20.2 Å².